The van der Waals surface area contributed by atoms with E-state index >= 15 is 0 Å². The molecule has 0 aliphatic rings. The van der Waals surface area contributed by atoms with Crippen molar-refractivity contribution in [3.63, 3.8) is 0 Å². The van der Waals surface area contributed by atoms with E-state index in [0.717, 1.165) is 0 Å². The van der Waals surface area contributed by atoms with Gasteiger partial charge in [0.2, 0.25) is 23.6 Å². The van der Waals surface area contributed by atoms with Crippen LogP contribution in [0.5, 0.6) is 0 Å². The van der Waals surface area contributed by atoms with Crippen LogP contribution in [0.3, 0.4) is 0 Å². The van der Waals surface area contributed by atoms with E-state index in [4.69, 9.17) is 21.7 Å². The van der Waals surface area contributed by atoms with Crippen LogP contribution in [0.25, 0.3) is 0 Å². The number of rotatable bonds is 16. The van der Waals surface area contributed by atoms with Crippen molar-refractivity contribution in [3.8, 4) is 0 Å². The minimum absolute atomic E-state index is 0.298. The third-order valence-corrected chi connectivity index (χ3v) is 4.73. The molecule has 0 aliphatic carbocycles. The summed E-state index contributed by atoms with van der Waals surface area (Å²) >= 11 is 1.45. The first-order valence-corrected chi connectivity index (χ1v) is 10.8. The number of carboxylic acids is 2. The Morgan fingerprint density at radius 1 is 0.875 bits per heavy atom. The van der Waals surface area contributed by atoms with Crippen LogP contribution in [-0.2, 0) is 28.8 Å². The summed E-state index contributed by atoms with van der Waals surface area (Å²) in [7, 11) is 0. The van der Waals surface area contributed by atoms with E-state index in [1.165, 1.54) is 11.8 Å². The molecule has 4 atom stereocenters. The van der Waals surface area contributed by atoms with Crippen molar-refractivity contribution in [1.82, 2.24) is 16.0 Å². The van der Waals surface area contributed by atoms with Gasteiger partial charge in [-0.2, -0.15) is 11.8 Å². The van der Waals surface area contributed by atoms with Crippen LogP contribution in [0, 0.1) is 0 Å². The fourth-order valence-corrected chi connectivity index (χ4v) is 2.82. The van der Waals surface area contributed by atoms with Crippen LogP contribution in [0.15, 0.2) is 0 Å². The first kappa shape index (κ1) is 29.1. The Balaban J connectivity index is 5.21. The molecule has 14 nitrogen and oxygen atoms in total. The number of carboxylic acid groups (broad SMARTS) is 2. The molecule has 15 heteroatoms. The molecule has 32 heavy (non-hydrogen) atoms. The smallest absolute Gasteiger partial charge is 0.326 e. The number of thioether (sulfide) groups is 1. The SMILES string of the molecule is CSCCC(N)C(=O)NC(CC(N)=O)C(=O)NC(CO)C(=O)NC(CCC(=O)O)C(=O)O. The van der Waals surface area contributed by atoms with Gasteiger partial charge in [0.1, 0.15) is 18.1 Å². The van der Waals surface area contributed by atoms with Gasteiger partial charge in [-0.25, -0.2) is 4.79 Å². The van der Waals surface area contributed by atoms with E-state index in [0.29, 0.717) is 12.2 Å². The zero-order chi connectivity index (χ0) is 24.8. The van der Waals surface area contributed by atoms with Gasteiger partial charge in [0.05, 0.1) is 19.1 Å². The highest BCUT2D eigenvalue weighted by Crippen LogP contribution is 2.02. The highest BCUT2D eigenvalue weighted by atomic mass is 32.2. The summed E-state index contributed by atoms with van der Waals surface area (Å²) in [6.45, 7) is -0.951. The van der Waals surface area contributed by atoms with E-state index < -0.39 is 85.6 Å². The van der Waals surface area contributed by atoms with Crippen molar-refractivity contribution in [1.29, 1.82) is 0 Å². The van der Waals surface area contributed by atoms with E-state index in [1.54, 1.807) is 0 Å². The highest BCUT2D eigenvalue weighted by molar-refractivity contribution is 7.98. The number of aliphatic hydroxyl groups excluding tert-OH is 1. The maximum Gasteiger partial charge on any atom is 0.326 e. The van der Waals surface area contributed by atoms with Crippen molar-refractivity contribution < 1.29 is 44.1 Å². The molecule has 0 aliphatic heterocycles. The number of nitrogens with one attached hydrogen (secondary N) is 3. The summed E-state index contributed by atoms with van der Waals surface area (Å²) in [6.07, 6.45) is 0.508. The van der Waals surface area contributed by atoms with Crippen LogP contribution >= 0.6 is 11.8 Å². The average molecular weight is 480 g/mol. The molecular formula is C17H29N5O9S. The molecule has 0 aromatic rings. The highest BCUT2D eigenvalue weighted by Gasteiger charge is 2.30. The molecule has 0 heterocycles. The van der Waals surface area contributed by atoms with Crippen LogP contribution in [0.1, 0.15) is 25.7 Å². The number of nitrogens with two attached hydrogens (primary N) is 2. The molecule has 4 amide bonds. The Labute approximate surface area is 187 Å². The van der Waals surface area contributed by atoms with Gasteiger partial charge in [-0.3, -0.25) is 24.0 Å². The standard InChI is InChI=1S/C17H29N5O9S/c1-32-5-4-8(18)14(27)21-10(6-12(19)24)15(28)22-11(7-23)16(29)20-9(17(30)31)2-3-13(25)26/h8-11,23H,2-7,18H2,1H3,(H2,19,24)(H,20,29)(H,21,27)(H,22,28)(H,25,26)(H,30,31). The zero-order valence-corrected chi connectivity index (χ0v) is 18.2. The normalized spacial score (nSPS) is 14.3. The Hall–Kier alpha value is -2.91. The Bertz CT molecular complexity index is 706. The molecule has 0 fully saturated rings. The third-order valence-electron chi connectivity index (χ3n) is 4.09. The average Bonchev–Trinajstić information content (AvgIpc) is 2.71. The molecule has 0 bridgehead atoms. The van der Waals surface area contributed by atoms with Gasteiger partial charge in [0, 0.05) is 6.42 Å². The predicted molar refractivity (Wildman–Crippen MR) is 112 cm³/mol. The fourth-order valence-electron chi connectivity index (χ4n) is 2.33. The van der Waals surface area contributed by atoms with Crippen LogP contribution < -0.4 is 27.4 Å². The van der Waals surface area contributed by atoms with Crippen LogP contribution in [0.4, 0.5) is 0 Å². The summed E-state index contributed by atoms with van der Waals surface area (Å²) < 4.78 is 0. The second-order valence-electron chi connectivity index (χ2n) is 6.70. The minimum atomic E-state index is -1.65. The van der Waals surface area contributed by atoms with Crippen molar-refractivity contribution in [2.75, 3.05) is 18.6 Å². The molecule has 0 aromatic carbocycles. The van der Waals surface area contributed by atoms with Crippen molar-refractivity contribution in [3.05, 3.63) is 0 Å². The van der Waals surface area contributed by atoms with Gasteiger partial charge >= 0.3 is 11.9 Å². The number of hydrogen-bond donors (Lipinski definition) is 8. The van der Waals surface area contributed by atoms with Gasteiger partial charge in [0.15, 0.2) is 0 Å². The number of amides is 4. The van der Waals surface area contributed by atoms with E-state index in [1.807, 2.05) is 11.6 Å². The number of hydrogen-bond acceptors (Lipinski definition) is 9. The lowest BCUT2D eigenvalue weighted by Crippen LogP contribution is -2.58. The summed E-state index contributed by atoms with van der Waals surface area (Å²) in [5, 5.41) is 33.5. The number of aliphatic hydroxyl groups is 1. The molecule has 0 saturated heterocycles. The van der Waals surface area contributed by atoms with Gasteiger partial charge < -0.3 is 42.7 Å². The summed E-state index contributed by atoms with van der Waals surface area (Å²) in [5.41, 5.74) is 10.8. The van der Waals surface area contributed by atoms with E-state index in [9.17, 15) is 33.9 Å². The largest absolute Gasteiger partial charge is 0.481 e. The van der Waals surface area contributed by atoms with Crippen molar-refractivity contribution in [2.45, 2.75) is 49.9 Å². The van der Waals surface area contributed by atoms with E-state index in [-0.39, 0.29) is 0 Å². The predicted octanol–water partition coefficient (Wildman–Crippen LogP) is -3.66. The molecule has 0 saturated carbocycles. The molecule has 182 valence electrons. The number of carbonyl (C=O) groups excluding carboxylic acids is 4. The molecule has 0 radical (unpaired) electrons. The number of carbonyl (C=O) groups is 6. The minimum Gasteiger partial charge on any atom is -0.481 e. The first-order valence-electron chi connectivity index (χ1n) is 9.42. The topological polar surface area (TPSA) is 251 Å². The number of primary amides is 1. The lowest BCUT2D eigenvalue weighted by atomic mass is 10.1. The van der Waals surface area contributed by atoms with Gasteiger partial charge in [-0.05, 0) is 24.9 Å². The van der Waals surface area contributed by atoms with Crippen molar-refractivity contribution in [2.24, 2.45) is 11.5 Å². The van der Waals surface area contributed by atoms with Gasteiger partial charge in [-0.15, -0.1) is 0 Å². The van der Waals surface area contributed by atoms with E-state index in [2.05, 4.69) is 10.6 Å². The van der Waals surface area contributed by atoms with Crippen LogP contribution in [0.2, 0.25) is 0 Å². The van der Waals surface area contributed by atoms with Crippen molar-refractivity contribution >= 4 is 47.3 Å². The van der Waals surface area contributed by atoms with Gasteiger partial charge in [-0.1, -0.05) is 0 Å². The molecule has 10 N–H and O–H groups in total. The summed E-state index contributed by atoms with van der Waals surface area (Å²) in [5.74, 6) is -6.04. The Morgan fingerprint density at radius 2 is 1.41 bits per heavy atom. The fraction of sp³-hybridized carbons (Fsp3) is 0.647. The Morgan fingerprint density at radius 3 is 1.88 bits per heavy atom. The van der Waals surface area contributed by atoms with Gasteiger partial charge in [0.25, 0.3) is 0 Å². The molecule has 0 aromatic heterocycles. The lowest BCUT2D eigenvalue weighted by molar-refractivity contribution is -0.143. The first-order chi connectivity index (χ1) is 14.9. The zero-order valence-electron chi connectivity index (χ0n) is 17.4. The number of aliphatic carboxylic acids is 2. The van der Waals surface area contributed by atoms with Crippen LogP contribution in [-0.4, -0.2) is 93.7 Å². The maximum absolute atomic E-state index is 12.5. The molecule has 0 rings (SSSR count). The molecule has 0 spiro atoms. The quantitative estimate of drug-likeness (QED) is 0.107. The molecule has 4 unspecified atom stereocenters. The second kappa shape index (κ2) is 15.0. The Kier molecular flexibility index (Phi) is 13.6. The lowest BCUT2D eigenvalue weighted by Gasteiger charge is -2.23. The summed E-state index contributed by atoms with van der Waals surface area (Å²) in [4.78, 5) is 70.0. The third kappa shape index (κ3) is 11.5. The molecular weight excluding hydrogens is 450 g/mol. The monoisotopic (exact) mass is 479 g/mol. The summed E-state index contributed by atoms with van der Waals surface area (Å²) in [6, 6.07) is -5.69. The second-order valence-corrected chi connectivity index (χ2v) is 7.68. The maximum atomic E-state index is 12.5.